The van der Waals surface area contributed by atoms with Gasteiger partial charge in [0.25, 0.3) is 0 Å². The van der Waals surface area contributed by atoms with Gasteiger partial charge in [-0.15, -0.1) is 0 Å². The van der Waals surface area contributed by atoms with Crippen LogP contribution in [0.1, 0.15) is 51.2 Å². The number of rotatable bonds is 3. The number of hydrogen-bond acceptors (Lipinski definition) is 3. The van der Waals surface area contributed by atoms with Gasteiger partial charge in [0.2, 0.25) is 0 Å². The molecule has 0 heterocycles. The molecule has 0 atom stereocenters. The third kappa shape index (κ3) is 2.32. The van der Waals surface area contributed by atoms with E-state index in [1.54, 1.807) is 7.11 Å². The summed E-state index contributed by atoms with van der Waals surface area (Å²) in [6, 6.07) is 3.89. The van der Waals surface area contributed by atoms with E-state index in [1.165, 1.54) is 6.42 Å². The Hall–Kier alpha value is -1.22. The predicted octanol–water partition coefficient (Wildman–Crippen LogP) is 3.08. The molecular weight excluding hydrogens is 238 g/mol. The molecule has 1 aromatic carbocycles. The number of ether oxygens (including phenoxy) is 1. The Morgan fingerprint density at radius 3 is 2.32 bits per heavy atom. The summed E-state index contributed by atoms with van der Waals surface area (Å²) in [7, 11) is 1.67. The molecule has 1 aliphatic carbocycles. The van der Waals surface area contributed by atoms with Crippen molar-refractivity contribution in [2.24, 2.45) is 5.73 Å². The first-order valence-electron chi connectivity index (χ1n) is 6.96. The lowest BCUT2D eigenvalue weighted by molar-refractivity contribution is 0.242. The van der Waals surface area contributed by atoms with Gasteiger partial charge in [-0.1, -0.05) is 27.2 Å². The Kier molecular flexibility index (Phi) is 3.52. The third-order valence-corrected chi connectivity index (χ3v) is 4.40. The molecular formula is C16H25NO2. The molecule has 0 spiro atoms. The minimum atomic E-state index is -0.118. The van der Waals surface area contributed by atoms with Crippen LogP contribution in [-0.2, 0) is 10.8 Å². The SMILES string of the molecule is COc1cc(C(C)(C)C)c(O)c(C2(CN)CCC2)c1. The summed E-state index contributed by atoms with van der Waals surface area (Å²) in [4.78, 5) is 0. The van der Waals surface area contributed by atoms with E-state index >= 15 is 0 Å². The quantitative estimate of drug-likeness (QED) is 0.881. The highest BCUT2D eigenvalue weighted by Crippen LogP contribution is 2.49. The van der Waals surface area contributed by atoms with Crippen LogP contribution in [-0.4, -0.2) is 18.8 Å². The lowest BCUT2D eigenvalue weighted by Crippen LogP contribution is -2.41. The van der Waals surface area contributed by atoms with Crippen molar-refractivity contribution in [3.8, 4) is 11.5 Å². The lowest BCUT2D eigenvalue weighted by atomic mass is 9.63. The van der Waals surface area contributed by atoms with Gasteiger partial charge in [0.1, 0.15) is 11.5 Å². The molecule has 2 rings (SSSR count). The van der Waals surface area contributed by atoms with Gasteiger partial charge in [-0.2, -0.15) is 0 Å². The van der Waals surface area contributed by atoms with E-state index in [0.29, 0.717) is 12.3 Å². The van der Waals surface area contributed by atoms with E-state index in [-0.39, 0.29) is 10.8 Å². The first-order valence-corrected chi connectivity index (χ1v) is 6.96. The van der Waals surface area contributed by atoms with Crippen molar-refractivity contribution >= 4 is 0 Å². The largest absolute Gasteiger partial charge is 0.507 e. The molecule has 3 N–H and O–H groups in total. The number of phenols is 1. The minimum Gasteiger partial charge on any atom is -0.507 e. The van der Waals surface area contributed by atoms with Gasteiger partial charge in [-0.25, -0.2) is 0 Å². The van der Waals surface area contributed by atoms with Gasteiger partial charge in [-0.3, -0.25) is 0 Å². The van der Waals surface area contributed by atoms with Gasteiger partial charge in [0.05, 0.1) is 7.11 Å². The van der Waals surface area contributed by atoms with Crippen molar-refractivity contribution in [3.05, 3.63) is 23.3 Å². The summed E-state index contributed by atoms with van der Waals surface area (Å²) in [5, 5.41) is 10.7. The molecule has 0 radical (unpaired) electrons. The Labute approximate surface area is 115 Å². The highest BCUT2D eigenvalue weighted by molar-refractivity contribution is 5.53. The van der Waals surface area contributed by atoms with Crippen LogP contribution in [0.25, 0.3) is 0 Å². The van der Waals surface area contributed by atoms with Crippen LogP contribution in [0, 0.1) is 0 Å². The zero-order valence-electron chi connectivity index (χ0n) is 12.4. The maximum Gasteiger partial charge on any atom is 0.123 e. The number of nitrogens with two attached hydrogens (primary N) is 1. The smallest absolute Gasteiger partial charge is 0.123 e. The van der Waals surface area contributed by atoms with Gasteiger partial charge < -0.3 is 15.6 Å². The number of benzene rings is 1. The van der Waals surface area contributed by atoms with Crippen LogP contribution in [0.2, 0.25) is 0 Å². The average molecular weight is 263 g/mol. The fraction of sp³-hybridized carbons (Fsp3) is 0.625. The molecule has 1 saturated carbocycles. The van der Waals surface area contributed by atoms with E-state index in [2.05, 4.69) is 20.8 Å². The Bertz CT molecular complexity index is 465. The fourth-order valence-corrected chi connectivity index (χ4v) is 2.89. The van der Waals surface area contributed by atoms with E-state index in [0.717, 1.165) is 29.7 Å². The Balaban J connectivity index is 2.60. The van der Waals surface area contributed by atoms with Gasteiger partial charge in [-0.05, 0) is 30.4 Å². The summed E-state index contributed by atoms with van der Waals surface area (Å²) in [5.74, 6) is 1.20. The molecule has 3 nitrogen and oxygen atoms in total. The molecule has 0 unspecified atom stereocenters. The zero-order valence-corrected chi connectivity index (χ0v) is 12.4. The molecule has 0 aliphatic heterocycles. The second kappa shape index (κ2) is 4.71. The highest BCUT2D eigenvalue weighted by Gasteiger charge is 2.40. The second-order valence-electron chi connectivity index (χ2n) is 6.66. The predicted molar refractivity (Wildman–Crippen MR) is 77.9 cm³/mol. The molecule has 106 valence electrons. The molecule has 1 aromatic rings. The maximum atomic E-state index is 10.7. The number of phenolic OH excluding ortho intramolecular Hbond substituents is 1. The van der Waals surface area contributed by atoms with Gasteiger partial charge in [0.15, 0.2) is 0 Å². The van der Waals surface area contributed by atoms with Gasteiger partial charge in [0, 0.05) is 23.1 Å². The van der Waals surface area contributed by atoms with E-state index in [4.69, 9.17) is 10.5 Å². The zero-order chi connectivity index (χ0) is 14.3. The normalized spacial score (nSPS) is 17.9. The van der Waals surface area contributed by atoms with Crippen molar-refractivity contribution in [1.82, 2.24) is 0 Å². The summed E-state index contributed by atoms with van der Waals surface area (Å²) >= 11 is 0. The first-order chi connectivity index (χ1) is 8.84. The summed E-state index contributed by atoms with van der Waals surface area (Å²) in [6.07, 6.45) is 3.28. The van der Waals surface area contributed by atoms with Crippen molar-refractivity contribution in [2.45, 2.75) is 50.9 Å². The minimum absolute atomic E-state index is 0.0569. The summed E-state index contributed by atoms with van der Waals surface area (Å²) < 4.78 is 5.40. The van der Waals surface area contributed by atoms with Crippen molar-refractivity contribution in [1.29, 1.82) is 0 Å². The Morgan fingerprint density at radius 2 is 1.95 bits per heavy atom. The first kappa shape index (κ1) is 14.2. The third-order valence-electron chi connectivity index (χ3n) is 4.40. The van der Waals surface area contributed by atoms with Crippen LogP contribution in [0.5, 0.6) is 11.5 Å². The fourth-order valence-electron chi connectivity index (χ4n) is 2.89. The topological polar surface area (TPSA) is 55.5 Å². The number of methoxy groups -OCH3 is 1. The van der Waals surface area contributed by atoms with Crippen LogP contribution >= 0.6 is 0 Å². The van der Waals surface area contributed by atoms with Crippen LogP contribution in [0.3, 0.4) is 0 Å². The van der Waals surface area contributed by atoms with Gasteiger partial charge >= 0.3 is 0 Å². The summed E-state index contributed by atoms with van der Waals surface area (Å²) in [6.45, 7) is 6.88. The lowest BCUT2D eigenvalue weighted by Gasteiger charge is -2.42. The van der Waals surface area contributed by atoms with Crippen LogP contribution in [0.4, 0.5) is 0 Å². The van der Waals surface area contributed by atoms with Crippen LogP contribution < -0.4 is 10.5 Å². The second-order valence-corrected chi connectivity index (χ2v) is 6.66. The van der Waals surface area contributed by atoms with E-state index < -0.39 is 0 Å². The molecule has 19 heavy (non-hydrogen) atoms. The number of aromatic hydroxyl groups is 1. The molecule has 1 aliphatic rings. The number of hydrogen-bond donors (Lipinski definition) is 2. The summed E-state index contributed by atoms with van der Waals surface area (Å²) in [5.41, 5.74) is 7.69. The highest BCUT2D eigenvalue weighted by atomic mass is 16.5. The van der Waals surface area contributed by atoms with E-state index in [9.17, 15) is 5.11 Å². The standard InChI is InChI=1S/C16H25NO2/c1-15(2,3)12-8-11(19-4)9-13(14(12)18)16(10-17)6-5-7-16/h8-9,18H,5-7,10,17H2,1-4H3. The molecule has 0 saturated heterocycles. The molecule has 1 fully saturated rings. The van der Waals surface area contributed by atoms with Crippen molar-refractivity contribution in [3.63, 3.8) is 0 Å². The van der Waals surface area contributed by atoms with Crippen molar-refractivity contribution in [2.75, 3.05) is 13.7 Å². The maximum absolute atomic E-state index is 10.7. The molecule has 0 aromatic heterocycles. The molecule has 0 amide bonds. The van der Waals surface area contributed by atoms with Crippen molar-refractivity contribution < 1.29 is 9.84 Å². The Morgan fingerprint density at radius 1 is 1.32 bits per heavy atom. The average Bonchev–Trinajstić information content (AvgIpc) is 2.29. The van der Waals surface area contributed by atoms with Crippen LogP contribution in [0.15, 0.2) is 12.1 Å². The monoisotopic (exact) mass is 263 g/mol. The molecule has 0 bridgehead atoms. The molecule has 3 heteroatoms. The van der Waals surface area contributed by atoms with E-state index in [1.807, 2.05) is 12.1 Å².